The topological polar surface area (TPSA) is 35.6 Å². The van der Waals surface area contributed by atoms with E-state index in [4.69, 9.17) is 0 Å². The van der Waals surface area contributed by atoms with E-state index < -0.39 is 5.54 Å². The molecule has 2 aromatic carbocycles. The fourth-order valence-corrected chi connectivity index (χ4v) is 4.13. The first-order valence-corrected chi connectivity index (χ1v) is 10.4. The number of nitrogens with zero attached hydrogens (tertiary/aromatic N) is 2. The second kappa shape index (κ2) is 9.38. The Morgan fingerprint density at radius 2 is 1.66 bits per heavy atom. The Bertz CT molecular complexity index is 829. The highest BCUT2D eigenvalue weighted by Crippen LogP contribution is 2.30. The van der Waals surface area contributed by atoms with Crippen molar-refractivity contribution in [3.8, 4) is 0 Å². The van der Waals surface area contributed by atoms with Crippen LogP contribution in [0, 0.1) is 13.8 Å². The highest BCUT2D eigenvalue weighted by atomic mass is 16.2. The molecule has 1 heterocycles. The van der Waals surface area contributed by atoms with Gasteiger partial charge in [0, 0.05) is 25.3 Å². The summed E-state index contributed by atoms with van der Waals surface area (Å²) in [6.07, 6.45) is 6.04. The number of piperidine rings is 1. The van der Waals surface area contributed by atoms with Gasteiger partial charge in [0.1, 0.15) is 5.54 Å². The summed E-state index contributed by atoms with van der Waals surface area (Å²) in [4.78, 5) is 17.9. The minimum Gasteiger partial charge on any atom is -0.324 e. The van der Waals surface area contributed by atoms with Gasteiger partial charge in [0.05, 0.1) is 0 Å². The van der Waals surface area contributed by atoms with Crippen LogP contribution in [0.2, 0.25) is 0 Å². The van der Waals surface area contributed by atoms with Crippen molar-refractivity contribution in [3.05, 3.63) is 71.3 Å². The van der Waals surface area contributed by atoms with Gasteiger partial charge in [-0.2, -0.15) is 0 Å². The Hall–Kier alpha value is -2.43. The molecule has 0 saturated carbocycles. The summed E-state index contributed by atoms with van der Waals surface area (Å²) >= 11 is 0. The van der Waals surface area contributed by atoms with Gasteiger partial charge in [-0.25, -0.2) is 0 Å². The normalized spacial score (nSPS) is 17.0. The van der Waals surface area contributed by atoms with E-state index in [1.165, 1.54) is 5.56 Å². The van der Waals surface area contributed by atoms with Gasteiger partial charge in [0.15, 0.2) is 0 Å². The maximum absolute atomic E-state index is 13.4. The molecule has 0 radical (unpaired) electrons. The molecule has 29 heavy (non-hydrogen) atoms. The smallest absolute Gasteiger partial charge is 0.244 e. The third-order valence-corrected chi connectivity index (χ3v) is 6.16. The zero-order chi connectivity index (χ0) is 20.9. The SMILES string of the molecule is Cc1cccc(C)c1NC(=O)C1(N(C)C)CCN(C/C=C/c2ccccc2)CC1. The molecule has 154 valence electrons. The number of para-hydroxylation sites is 1. The monoisotopic (exact) mass is 391 g/mol. The number of carbonyl (C=O) groups excluding carboxylic acids is 1. The molecule has 0 aromatic heterocycles. The fourth-order valence-electron chi connectivity index (χ4n) is 4.13. The van der Waals surface area contributed by atoms with E-state index in [1.54, 1.807) is 0 Å². The molecule has 1 N–H and O–H groups in total. The molecular formula is C25H33N3O. The maximum Gasteiger partial charge on any atom is 0.244 e. The first kappa shape index (κ1) is 21.3. The van der Waals surface area contributed by atoms with Crippen LogP contribution in [0.3, 0.4) is 0 Å². The molecule has 1 aliphatic rings. The van der Waals surface area contributed by atoms with Crippen molar-refractivity contribution in [2.45, 2.75) is 32.2 Å². The molecule has 0 unspecified atom stereocenters. The summed E-state index contributed by atoms with van der Waals surface area (Å²) in [6.45, 7) is 6.84. The van der Waals surface area contributed by atoms with Crippen molar-refractivity contribution in [3.63, 3.8) is 0 Å². The van der Waals surface area contributed by atoms with Gasteiger partial charge in [-0.1, -0.05) is 60.7 Å². The molecule has 4 heteroatoms. The number of hydrogen-bond acceptors (Lipinski definition) is 3. The van der Waals surface area contributed by atoms with Crippen LogP contribution in [0.25, 0.3) is 6.08 Å². The van der Waals surface area contributed by atoms with E-state index in [2.05, 4.69) is 51.5 Å². The van der Waals surface area contributed by atoms with E-state index in [-0.39, 0.29) is 5.91 Å². The third kappa shape index (κ3) is 4.95. The van der Waals surface area contributed by atoms with E-state index in [1.807, 2.05) is 52.2 Å². The molecule has 2 aromatic rings. The molecule has 0 aliphatic carbocycles. The highest BCUT2D eigenvalue weighted by Gasteiger charge is 2.43. The standard InChI is InChI=1S/C25H33N3O/c1-20-10-8-11-21(2)23(20)26-24(29)25(27(3)4)15-18-28(19-16-25)17-9-14-22-12-6-5-7-13-22/h5-14H,15-19H2,1-4H3,(H,26,29)/b14-9+. The summed E-state index contributed by atoms with van der Waals surface area (Å²) in [5.74, 6) is 0.111. The van der Waals surface area contributed by atoms with Gasteiger partial charge in [0.2, 0.25) is 5.91 Å². The highest BCUT2D eigenvalue weighted by molar-refractivity contribution is 5.99. The van der Waals surface area contributed by atoms with Crippen LogP contribution in [-0.2, 0) is 4.79 Å². The average Bonchev–Trinajstić information content (AvgIpc) is 2.72. The summed E-state index contributed by atoms with van der Waals surface area (Å²) in [5.41, 5.74) is 3.92. The second-order valence-electron chi connectivity index (χ2n) is 8.26. The number of carbonyl (C=O) groups is 1. The molecule has 1 amide bonds. The van der Waals surface area contributed by atoms with Crippen molar-refractivity contribution >= 4 is 17.7 Å². The zero-order valence-corrected chi connectivity index (χ0v) is 18.1. The first-order valence-electron chi connectivity index (χ1n) is 10.4. The molecule has 1 fully saturated rings. The van der Waals surface area contributed by atoms with E-state index in [9.17, 15) is 4.79 Å². The summed E-state index contributed by atoms with van der Waals surface area (Å²) in [5, 5.41) is 3.24. The number of benzene rings is 2. The quantitative estimate of drug-likeness (QED) is 0.795. The Balaban J connectivity index is 1.63. The van der Waals surface area contributed by atoms with Crippen molar-refractivity contribution in [2.24, 2.45) is 0 Å². The van der Waals surface area contributed by atoms with E-state index in [0.717, 1.165) is 49.3 Å². The van der Waals surface area contributed by atoms with Crippen molar-refractivity contribution in [1.29, 1.82) is 0 Å². The lowest BCUT2D eigenvalue weighted by atomic mass is 9.85. The largest absolute Gasteiger partial charge is 0.324 e. The number of aryl methyl sites for hydroxylation is 2. The summed E-state index contributed by atoms with van der Waals surface area (Å²) in [7, 11) is 4.05. The van der Waals surface area contributed by atoms with Crippen LogP contribution >= 0.6 is 0 Å². The van der Waals surface area contributed by atoms with Gasteiger partial charge in [-0.3, -0.25) is 14.6 Å². The van der Waals surface area contributed by atoms with Crippen LogP contribution in [0.4, 0.5) is 5.69 Å². The molecule has 3 rings (SSSR count). The molecular weight excluding hydrogens is 358 g/mol. The maximum atomic E-state index is 13.4. The minimum absolute atomic E-state index is 0.111. The van der Waals surface area contributed by atoms with E-state index in [0.29, 0.717) is 0 Å². The molecule has 0 bridgehead atoms. The first-order chi connectivity index (χ1) is 13.9. The van der Waals surface area contributed by atoms with Crippen molar-refractivity contribution < 1.29 is 4.79 Å². The molecule has 1 aliphatic heterocycles. The average molecular weight is 392 g/mol. The Morgan fingerprint density at radius 1 is 1.03 bits per heavy atom. The number of likely N-dealkylation sites (N-methyl/N-ethyl adjacent to an activating group) is 1. The lowest BCUT2D eigenvalue weighted by molar-refractivity contribution is -0.129. The Morgan fingerprint density at radius 3 is 2.24 bits per heavy atom. The van der Waals surface area contributed by atoms with Crippen LogP contribution in [0.1, 0.15) is 29.5 Å². The predicted molar refractivity (Wildman–Crippen MR) is 122 cm³/mol. The van der Waals surface area contributed by atoms with Crippen molar-refractivity contribution in [2.75, 3.05) is 39.0 Å². The van der Waals surface area contributed by atoms with Crippen molar-refractivity contribution in [1.82, 2.24) is 9.80 Å². The van der Waals surface area contributed by atoms with Gasteiger partial charge in [-0.05, 0) is 57.5 Å². The summed E-state index contributed by atoms with van der Waals surface area (Å²) < 4.78 is 0. The van der Waals surface area contributed by atoms with Gasteiger partial charge >= 0.3 is 0 Å². The number of anilines is 1. The van der Waals surface area contributed by atoms with Gasteiger partial charge < -0.3 is 5.32 Å². The lowest BCUT2D eigenvalue weighted by Crippen LogP contribution is -2.59. The van der Waals surface area contributed by atoms with E-state index >= 15 is 0 Å². The second-order valence-corrected chi connectivity index (χ2v) is 8.26. The number of likely N-dealkylation sites (tertiary alicyclic amines) is 1. The summed E-state index contributed by atoms with van der Waals surface area (Å²) in [6, 6.07) is 16.5. The Labute approximate surface area is 175 Å². The molecule has 4 nitrogen and oxygen atoms in total. The Kier molecular flexibility index (Phi) is 6.88. The molecule has 1 saturated heterocycles. The van der Waals surface area contributed by atoms with Gasteiger partial charge in [-0.15, -0.1) is 0 Å². The van der Waals surface area contributed by atoms with Crippen LogP contribution < -0.4 is 5.32 Å². The van der Waals surface area contributed by atoms with Crippen LogP contribution in [-0.4, -0.2) is 55.0 Å². The fraction of sp³-hybridized carbons (Fsp3) is 0.400. The third-order valence-electron chi connectivity index (χ3n) is 6.16. The van der Waals surface area contributed by atoms with Crippen LogP contribution in [0.5, 0.6) is 0 Å². The molecule has 0 spiro atoms. The van der Waals surface area contributed by atoms with Crippen LogP contribution in [0.15, 0.2) is 54.6 Å². The lowest BCUT2D eigenvalue weighted by Gasteiger charge is -2.44. The molecule has 0 atom stereocenters. The van der Waals surface area contributed by atoms with Gasteiger partial charge in [0.25, 0.3) is 0 Å². The number of hydrogen-bond donors (Lipinski definition) is 1. The zero-order valence-electron chi connectivity index (χ0n) is 18.1. The number of amides is 1. The number of rotatable bonds is 6. The predicted octanol–water partition coefficient (Wildman–Crippen LogP) is 4.35. The minimum atomic E-state index is -0.464. The number of nitrogens with one attached hydrogen (secondary N) is 1.